The highest BCUT2D eigenvalue weighted by atomic mass is 16.5. The van der Waals surface area contributed by atoms with E-state index in [0.29, 0.717) is 6.54 Å². The average Bonchev–Trinajstić information content (AvgIpc) is 2.38. The van der Waals surface area contributed by atoms with E-state index in [-0.39, 0.29) is 11.0 Å². The van der Waals surface area contributed by atoms with Crippen molar-refractivity contribution in [2.24, 2.45) is 5.73 Å². The molecule has 0 spiro atoms. The molecule has 1 aromatic carbocycles. The Morgan fingerprint density at radius 1 is 1.32 bits per heavy atom. The number of hydrogen-bond acceptors (Lipinski definition) is 3. The van der Waals surface area contributed by atoms with E-state index in [1.807, 2.05) is 0 Å². The zero-order chi connectivity index (χ0) is 13.9. The minimum Gasteiger partial charge on any atom is -0.373 e. The van der Waals surface area contributed by atoms with Gasteiger partial charge in [-0.1, -0.05) is 37.3 Å². The van der Waals surface area contributed by atoms with Gasteiger partial charge >= 0.3 is 0 Å². The Kier molecular flexibility index (Phi) is 4.29. The molecule has 1 aromatic rings. The Morgan fingerprint density at radius 2 is 2.00 bits per heavy atom. The third kappa shape index (κ3) is 3.56. The van der Waals surface area contributed by atoms with E-state index in [1.165, 1.54) is 5.56 Å². The molecule has 19 heavy (non-hydrogen) atoms. The van der Waals surface area contributed by atoms with Gasteiger partial charge in [-0.15, -0.1) is 0 Å². The summed E-state index contributed by atoms with van der Waals surface area (Å²) < 4.78 is 5.78. The average molecular weight is 262 g/mol. The molecule has 1 atom stereocenters. The molecule has 2 N–H and O–H groups in total. The molecule has 0 aliphatic carbocycles. The van der Waals surface area contributed by atoms with Crippen molar-refractivity contribution in [2.45, 2.75) is 31.8 Å². The second-order valence-electron chi connectivity index (χ2n) is 6.45. The first kappa shape index (κ1) is 14.5. The van der Waals surface area contributed by atoms with Crippen LogP contribution in [0.5, 0.6) is 0 Å². The molecule has 2 rings (SSSR count). The molecule has 0 amide bonds. The van der Waals surface area contributed by atoms with Crippen molar-refractivity contribution in [1.29, 1.82) is 0 Å². The van der Waals surface area contributed by atoms with E-state index >= 15 is 0 Å². The lowest BCUT2D eigenvalue weighted by atomic mass is 9.81. The molecule has 1 aliphatic rings. The first-order valence-electron chi connectivity index (χ1n) is 7.07. The maximum absolute atomic E-state index is 6.07. The zero-order valence-corrected chi connectivity index (χ0v) is 12.4. The van der Waals surface area contributed by atoms with Gasteiger partial charge in [0.2, 0.25) is 0 Å². The first-order valence-corrected chi connectivity index (χ1v) is 7.07. The summed E-state index contributed by atoms with van der Waals surface area (Å²) in [5, 5.41) is 0. The summed E-state index contributed by atoms with van der Waals surface area (Å²) in [5.41, 5.74) is 7.34. The van der Waals surface area contributed by atoms with Gasteiger partial charge in [0.15, 0.2) is 0 Å². The van der Waals surface area contributed by atoms with Gasteiger partial charge < -0.3 is 10.5 Å². The van der Waals surface area contributed by atoms with Crippen molar-refractivity contribution in [3.05, 3.63) is 35.9 Å². The van der Waals surface area contributed by atoms with Gasteiger partial charge in [-0.3, -0.25) is 4.90 Å². The standard InChI is InChI=1S/C16H26N2O/c1-15(2)12-18(9-10-19-15)13-16(3,11-17)14-7-5-4-6-8-14/h4-8H,9-13,17H2,1-3H3. The molecule has 0 saturated carbocycles. The van der Waals surface area contributed by atoms with Crippen LogP contribution in [-0.2, 0) is 10.2 Å². The Bertz CT molecular complexity index is 404. The molecule has 1 heterocycles. The van der Waals surface area contributed by atoms with Crippen molar-refractivity contribution in [2.75, 3.05) is 32.8 Å². The van der Waals surface area contributed by atoms with Gasteiger partial charge in [0.25, 0.3) is 0 Å². The minimum absolute atomic E-state index is 0.00861. The molecule has 106 valence electrons. The van der Waals surface area contributed by atoms with E-state index < -0.39 is 0 Å². The van der Waals surface area contributed by atoms with E-state index in [1.54, 1.807) is 0 Å². The molecular formula is C16H26N2O. The Balaban J connectivity index is 2.10. The lowest BCUT2D eigenvalue weighted by Crippen LogP contribution is -2.53. The van der Waals surface area contributed by atoms with Crippen LogP contribution in [0.4, 0.5) is 0 Å². The zero-order valence-electron chi connectivity index (χ0n) is 12.4. The van der Waals surface area contributed by atoms with E-state index in [9.17, 15) is 0 Å². The molecule has 0 radical (unpaired) electrons. The quantitative estimate of drug-likeness (QED) is 0.902. The number of nitrogens with zero attached hydrogens (tertiary/aromatic N) is 1. The van der Waals surface area contributed by atoms with Crippen molar-refractivity contribution in [3.63, 3.8) is 0 Å². The smallest absolute Gasteiger partial charge is 0.0753 e. The van der Waals surface area contributed by atoms with E-state index in [0.717, 1.165) is 26.2 Å². The van der Waals surface area contributed by atoms with Crippen LogP contribution in [0.15, 0.2) is 30.3 Å². The second kappa shape index (κ2) is 5.61. The molecule has 1 unspecified atom stereocenters. The van der Waals surface area contributed by atoms with Gasteiger partial charge in [-0.25, -0.2) is 0 Å². The molecule has 0 bridgehead atoms. The summed E-state index contributed by atoms with van der Waals surface area (Å²) in [6.45, 7) is 11.0. The topological polar surface area (TPSA) is 38.5 Å². The second-order valence-corrected chi connectivity index (χ2v) is 6.45. The number of rotatable bonds is 4. The van der Waals surface area contributed by atoms with Crippen LogP contribution in [0.2, 0.25) is 0 Å². The summed E-state index contributed by atoms with van der Waals surface area (Å²) in [6, 6.07) is 10.6. The van der Waals surface area contributed by atoms with Crippen molar-refractivity contribution in [3.8, 4) is 0 Å². The lowest BCUT2D eigenvalue weighted by Gasteiger charge is -2.42. The van der Waals surface area contributed by atoms with Crippen LogP contribution in [0.1, 0.15) is 26.3 Å². The van der Waals surface area contributed by atoms with Crippen LogP contribution < -0.4 is 5.73 Å². The normalized spacial score (nSPS) is 22.9. The molecule has 3 nitrogen and oxygen atoms in total. The molecule has 3 heteroatoms. The van der Waals surface area contributed by atoms with Gasteiger partial charge in [0.05, 0.1) is 12.2 Å². The van der Waals surface area contributed by atoms with Crippen LogP contribution >= 0.6 is 0 Å². The predicted molar refractivity (Wildman–Crippen MR) is 79.3 cm³/mol. The highest BCUT2D eigenvalue weighted by Crippen LogP contribution is 2.26. The third-order valence-corrected chi connectivity index (χ3v) is 4.00. The minimum atomic E-state index is -0.0511. The monoisotopic (exact) mass is 262 g/mol. The number of ether oxygens (including phenoxy) is 1. The van der Waals surface area contributed by atoms with Crippen LogP contribution in [-0.4, -0.2) is 43.3 Å². The fourth-order valence-corrected chi connectivity index (χ4v) is 2.86. The first-order chi connectivity index (χ1) is 8.95. The van der Waals surface area contributed by atoms with Crippen LogP contribution in [0, 0.1) is 0 Å². The van der Waals surface area contributed by atoms with Gasteiger partial charge in [-0.05, 0) is 19.4 Å². The fraction of sp³-hybridized carbons (Fsp3) is 0.625. The maximum Gasteiger partial charge on any atom is 0.0753 e. The number of morpholine rings is 1. The summed E-state index contributed by atoms with van der Waals surface area (Å²) in [5.74, 6) is 0. The largest absolute Gasteiger partial charge is 0.373 e. The van der Waals surface area contributed by atoms with Crippen molar-refractivity contribution in [1.82, 2.24) is 4.90 Å². The molecule has 1 fully saturated rings. The van der Waals surface area contributed by atoms with Gasteiger partial charge in [-0.2, -0.15) is 0 Å². The number of hydrogen-bond donors (Lipinski definition) is 1. The van der Waals surface area contributed by atoms with Gasteiger partial charge in [0.1, 0.15) is 0 Å². The Labute approximate surface area is 116 Å². The fourth-order valence-electron chi connectivity index (χ4n) is 2.86. The van der Waals surface area contributed by atoms with Crippen molar-refractivity contribution < 1.29 is 4.74 Å². The summed E-state index contributed by atoms with van der Waals surface area (Å²) >= 11 is 0. The highest BCUT2D eigenvalue weighted by molar-refractivity contribution is 5.25. The molecule has 1 saturated heterocycles. The van der Waals surface area contributed by atoms with Crippen LogP contribution in [0.25, 0.3) is 0 Å². The molecular weight excluding hydrogens is 236 g/mol. The van der Waals surface area contributed by atoms with Crippen molar-refractivity contribution >= 4 is 0 Å². The summed E-state index contributed by atoms with van der Waals surface area (Å²) in [7, 11) is 0. The van der Waals surface area contributed by atoms with Crippen LogP contribution in [0.3, 0.4) is 0 Å². The third-order valence-electron chi connectivity index (χ3n) is 4.00. The van der Waals surface area contributed by atoms with Gasteiger partial charge in [0, 0.05) is 31.6 Å². The SMILES string of the molecule is CC1(C)CN(CC(C)(CN)c2ccccc2)CCO1. The Morgan fingerprint density at radius 3 is 2.58 bits per heavy atom. The summed E-state index contributed by atoms with van der Waals surface area (Å²) in [4.78, 5) is 2.48. The summed E-state index contributed by atoms with van der Waals surface area (Å²) in [6.07, 6.45) is 0. The lowest BCUT2D eigenvalue weighted by molar-refractivity contribution is -0.0897. The molecule has 1 aliphatic heterocycles. The van der Waals surface area contributed by atoms with E-state index in [4.69, 9.17) is 10.5 Å². The molecule has 0 aromatic heterocycles. The number of nitrogens with two attached hydrogens (primary N) is 1. The number of benzene rings is 1. The highest BCUT2D eigenvalue weighted by Gasteiger charge is 2.33. The Hall–Kier alpha value is -0.900. The predicted octanol–water partition coefficient (Wildman–Crippen LogP) is 2.01. The maximum atomic E-state index is 6.07. The van der Waals surface area contributed by atoms with E-state index in [2.05, 4.69) is 56.0 Å².